The molecule has 6 nitrogen and oxygen atoms in total. The first kappa shape index (κ1) is 18.6. The molecule has 140 valence electrons. The first-order valence-corrected chi connectivity index (χ1v) is 9.03. The Bertz CT molecular complexity index is 1090. The Balaban J connectivity index is 2.05. The summed E-state index contributed by atoms with van der Waals surface area (Å²) in [5, 5.41) is 3.23. The normalized spacial score (nSPS) is 12.1. The Hall–Kier alpha value is -3.15. The summed E-state index contributed by atoms with van der Waals surface area (Å²) in [5.74, 6) is -0.319. The number of hydrogen-bond donors (Lipinski definition) is 1. The van der Waals surface area contributed by atoms with Gasteiger partial charge in [-0.3, -0.25) is 18.7 Å². The van der Waals surface area contributed by atoms with E-state index in [9.17, 15) is 14.4 Å². The van der Waals surface area contributed by atoms with Crippen molar-refractivity contribution in [1.82, 2.24) is 9.13 Å². The quantitative estimate of drug-likeness (QED) is 0.755. The van der Waals surface area contributed by atoms with Crippen molar-refractivity contribution in [3.05, 3.63) is 74.9 Å². The highest BCUT2D eigenvalue weighted by Gasteiger charge is 2.17. The largest absolute Gasteiger partial charge is 0.332 e. The van der Waals surface area contributed by atoms with Gasteiger partial charge >= 0.3 is 5.69 Å². The fraction of sp³-hybridized carbons (Fsp3) is 0.286. The van der Waals surface area contributed by atoms with Gasteiger partial charge in [-0.25, -0.2) is 4.79 Å². The molecular formula is C21H23N3O3. The number of carbonyl (C=O) groups excluding carboxylic acids is 1. The zero-order valence-electron chi connectivity index (χ0n) is 15.7. The van der Waals surface area contributed by atoms with Crippen molar-refractivity contribution < 1.29 is 4.79 Å². The van der Waals surface area contributed by atoms with Gasteiger partial charge in [0.25, 0.3) is 5.56 Å². The monoisotopic (exact) mass is 365 g/mol. The molecule has 1 aromatic heterocycles. The van der Waals surface area contributed by atoms with E-state index in [1.54, 1.807) is 24.3 Å². The van der Waals surface area contributed by atoms with Crippen LogP contribution in [0.3, 0.4) is 0 Å². The molecular weight excluding hydrogens is 342 g/mol. The number of nitrogens with one attached hydrogen (secondary N) is 1. The van der Waals surface area contributed by atoms with E-state index in [4.69, 9.17) is 0 Å². The van der Waals surface area contributed by atoms with Crippen molar-refractivity contribution in [1.29, 1.82) is 0 Å². The molecule has 0 saturated carbocycles. The molecule has 1 N–H and O–H groups in total. The lowest BCUT2D eigenvalue weighted by Crippen LogP contribution is -2.43. The lowest BCUT2D eigenvalue weighted by Gasteiger charge is -2.17. The van der Waals surface area contributed by atoms with Gasteiger partial charge in [-0.2, -0.15) is 0 Å². The van der Waals surface area contributed by atoms with Crippen molar-refractivity contribution in [3.63, 3.8) is 0 Å². The summed E-state index contributed by atoms with van der Waals surface area (Å²) >= 11 is 0. The van der Waals surface area contributed by atoms with Gasteiger partial charge in [-0.05, 0) is 44.5 Å². The number of aromatic nitrogens is 2. The number of hydrogen-bond acceptors (Lipinski definition) is 3. The fourth-order valence-electron chi connectivity index (χ4n) is 3.04. The van der Waals surface area contributed by atoms with E-state index in [1.807, 2.05) is 45.0 Å². The van der Waals surface area contributed by atoms with E-state index in [2.05, 4.69) is 5.32 Å². The van der Waals surface area contributed by atoms with Crippen LogP contribution in [0, 0.1) is 6.92 Å². The minimum atomic E-state index is -0.466. The van der Waals surface area contributed by atoms with Gasteiger partial charge in [0.2, 0.25) is 5.91 Å². The standard InChI is InChI=1S/C21H23N3O3/c1-4-15(3)24-20(26)17-7-5-6-8-18(17)23(21(24)27)13-19(25)22-16-11-9-14(2)10-12-16/h5-12,15H,4,13H2,1-3H3,(H,22,25). The van der Waals surface area contributed by atoms with Gasteiger partial charge in [0.05, 0.1) is 10.9 Å². The van der Waals surface area contributed by atoms with Gasteiger partial charge in [0.1, 0.15) is 6.54 Å². The van der Waals surface area contributed by atoms with Crippen LogP contribution in [0.5, 0.6) is 0 Å². The second-order valence-electron chi connectivity index (χ2n) is 6.73. The molecule has 0 bridgehead atoms. The zero-order chi connectivity index (χ0) is 19.6. The first-order chi connectivity index (χ1) is 12.9. The van der Waals surface area contributed by atoms with Crippen LogP contribution in [-0.2, 0) is 11.3 Å². The molecule has 0 fully saturated rings. The Morgan fingerprint density at radius 1 is 1.07 bits per heavy atom. The van der Waals surface area contributed by atoms with E-state index in [0.717, 1.165) is 5.56 Å². The fourth-order valence-corrected chi connectivity index (χ4v) is 3.04. The van der Waals surface area contributed by atoms with Crippen LogP contribution >= 0.6 is 0 Å². The minimum absolute atomic E-state index is 0.163. The highest BCUT2D eigenvalue weighted by atomic mass is 16.2. The maximum absolute atomic E-state index is 13.0. The summed E-state index contributed by atoms with van der Waals surface area (Å²) in [6, 6.07) is 14.1. The molecule has 0 saturated heterocycles. The molecule has 3 rings (SSSR count). The van der Waals surface area contributed by atoms with Crippen LogP contribution < -0.4 is 16.6 Å². The highest BCUT2D eigenvalue weighted by molar-refractivity contribution is 5.91. The molecule has 1 unspecified atom stereocenters. The molecule has 3 aromatic rings. The van der Waals surface area contributed by atoms with Gasteiger partial charge < -0.3 is 5.32 Å². The summed E-state index contributed by atoms with van der Waals surface area (Å²) in [7, 11) is 0. The van der Waals surface area contributed by atoms with E-state index < -0.39 is 5.69 Å². The third-order valence-corrected chi connectivity index (χ3v) is 4.75. The molecule has 0 spiro atoms. The zero-order valence-corrected chi connectivity index (χ0v) is 15.7. The highest BCUT2D eigenvalue weighted by Crippen LogP contribution is 2.12. The van der Waals surface area contributed by atoms with Crippen LogP contribution in [-0.4, -0.2) is 15.0 Å². The molecule has 1 heterocycles. The van der Waals surface area contributed by atoms with Gasteiger partial charge in [-0.1, -0.05) is 36.8 Å². The molecule has 0 radical (unpaired) electrons. The number of amides is 1. The number of para-hydroxylation sites is 1. The van der Waals surface area contributed by atoms with Crippen LogP contribution in [0.15, 0.2) is 58.1 Å². The van der Waals surface area contributed by atoms with Crippen molar-refractivity contribution in [2.75, 3.05) is 5.32 Å². The number of anilines is 1. The summed E-state index contributed by atoms with van der Waals surface area (Å²) < 4.78 is 2.61. The number of nitrogens with zero attached hydrogens (tertiary/aromatic N) is 2. The predicted octanol–water partition coefficient (Wildman–Crippen LogP) is 3.08. The van der Waals surface area contributed by atoms with Gasteiger partial charge in [0, 0.05) is 11.7 Å². The number of carbonyl (C=O) groups is 1. The lowest BCUT2D eigenvalue weighted by atomic mass is 10.2. The van der Waals surface area contributed by atoms with Crippen LogP contribution in [0.2, 0.25) is 0 Å². The average molecular weight is 365 g/mol. The average Bonchev–Trinajstić information content (AvgIpc) is 2.67. The molecule has 6 heteroatoms. The molecule has 1 amide bonds. The smallest absolute Gasteiger partial charge is 0.325 e. The van der Waals surface area contributed by atoms with E-state index in [-0.39, 0.29) is 24.1 Å². The van der Waals surface area contributed by atoms with E-state index >= 15 is 0 Å². The first-order valence-electron chi connectivity index (χ1n) is 9.03. The van der Waals surface area contributed by atoms with Crippen molar-refractivity contribution >= 4 is 22.5 Å². The van der Waals surface area contributed by atoms with E-state index in [0.29, 0.717) is 23.0 Å². The molecule has 27 heavy (non-hydrogen) atoms. The number of fused-ring (bicyclic) bond motifs is 1. The Morgan fingerprint density at radius 3 is 2.41 bits per heavy atom. The van der Waals surface area contributed by atoms with Crippen LogP contribution in [0.25, 0.3) is 10.9 Å². The maximum atomic E-state index is 13.0. The number of aryl methyl sites for hydroxylation is 1. The third-order valence-electron chi connectivity index (χ3n) is 4.75. The Labute approximate surface area is 157 Å². The number of rotatable bonds is 5. The lowest BCUT2D eigenvalue weighted by molar-refractivity contribution is -0.116. The van der Waals surface area contributed by atoms with E-state index in [1.165, 1.54) is 9.13 Å². The van der Waals surface area contributed by atoms with Crippen molar-refractivity contribution in [2.45, 2.75) is 39.8 Å². The molecule has 1 atom stereocenters. The second kappa shape index (κ2) is 7.61. The summed E-state index contributed by atoms with van der Waals surface area (Å²) in [6.07, 6.45) is 0.642. The predicted molar refractivity (Wildman–Crippen MR) is 107 cm³/mol. The second-order valence-corrected chi connectivity index (χ2v) is 6.73. The molecule has 0 aliphatic carbocycles. The molecule has 0 aliphatic heterocycles. The van der Waals surface area contributed by atoms with Crippen LogP contribution in [0.1, 0.15) is 31.9 Å². The molecule has 2 aromatic carbocycles. The van der Waals surface area contributed by atoms with Crippen molar-refractivity contribution in [3.8, 4) is 0 Å². The Morgan fingerprint density at radius 2 is 1.74 bits per heavy atom. The summed E-state index contributed by atoms with van der Waals surface area (Å²) in [6.45, 7) is 5.55. The van der Waals surface area contributed by atoms with Gasteiger partial charge in [0.15, 0.2) is 0 Å². The van der Waals surface area contributed by atoms with Crippen molar-refractivity contribution in [2.24, 2.45) is 0 Å². The minimum Gasteiger partial charge on any atom is -0.325 e. The third kappa shape index (κ3) is 3.69. The SMILES string of the molecule is CCC(C)n1c(=O)c2ccccc2n(CC(=O)Nc2ccc(C)cc2)c1=O. The maximum Gasteiger partial charge on any atom is 0.332 e. The summed E-state index contributed by atoms with van der Waals surface area (Å²) in [5.41, 5.74) is 1.44. The number of benzene rings is 2. The topological polar surface area (TPSA) is 73.1 Å². The summed E-state index contributed by atoms with van der Waals surface area (Å²) in [4.78, 5) is 38.3. The van der Waals surface area contributed by atoms with Crippen LogP contribution in [0.4, 0.5) is 5.69 Å². The molecule has 0 aliphatic rings. The Kier molecular flexibility index (Phi) is 5.26. The van der Waals surface area contributed by atoms with Gasteiger partial charge in [-0.15, -0.1) is 0 Å².